The van der Waals surface area contributed by atoms with Crippen molar-refractivity contribution in [3.8, 4) is 11.6 Å². The van der Waals surface area contributed by atoms with Gasteiger partial charge in [-0.3, -0.25) is 0 Å². The highest BCUT2D eigenvalue weighted by Gasteiger charge is 2.47. The number of rotatable bonds is 7. The van der Waals surface area contributed by atoms with Crippen LogP contribution in [0, 0.1) is 0 Å². The summed E-state index contributed by atoms with van der Waals surface area (Å²) in [5.74, 6) is -0.912. The number of oxazole rings is 1. The number of hydrogen-bond acceptors (Lipinski definition) is 9. The van der Waals surface area contributed by atoms with Gasteiger partial charge in [0.25, 0.3) is 9.84 Å². The first-order valence-corrected chi connectivity index (χ1v) is 13.3. The van der Waals surface area contributed by atoms with E-state index in [0.717, 1.165) is 18.3 Å². The maximum absolute atomic E-state index is 12.9. The van der Waals surface area contributed by atoms with E-state index in [1.54, 1.807) is 0 Å². The van der Waals surface area contributed by atoms with Gasteiger partial charge in [0.05, 0.1) is 15.5 Å². The number of aromatic nitrogens is 2. The maximum Gasteiger partial charge on any atom is 0.501 e. The van der Waals surface area contributed by atoms with Crippen LogP contribution in [-0.4, -0.2) is 55.5 Å². The molecular formula is C18H12BrF6N3O6S2. The van der Waals surface area contributed by atoms with Gasteiger partial charge in [-0.1, -0.05) is 12.1 Å². The summed E-state index contributed by atoms with van der Waals surface area (Å²) in [7, 11) is -9.75. The SMILES string of the molecule is CCS(=O)(=O)c1cc(C(Br)=NOCC(F)(F)F)cnc1-c1nc2cc(S(=O)(=O)C(F)(F)F)ccc2o1. The molecule has 36 heavy (non-hydrogen) atoms. The Morgan fingerprint density at radius 3 is 2.36 bits per heavy atom. The lowest BCUT2D eigenvalue weighted by Crippen LogP contribution is -2.23. The van der Waals surface area contributed by atoms with E-state index < -0.39 is 59.4 Å². The van der Waals surface area contributed by atoms with Crippen molar-refractivity contribution < 1.29 is 52.4 Å². The molecule has 2 heterocycles. The van der Waals surface area contributed by atoms with Gasteiger partial charge in [0.15, 0.2) is 20.0 Å². The molecule has 9 nitrogen and oxygen atoms in total. The summed E-state index contributed by atoms with van der Waals surface area (Å²) in [5, 5.41) is 3.21. The average Bonchev–Trinajstić information content (AvgIpc) is 3.20. The number of sulfone groups is 2. The number of pyridine rings is 1. The second-order valence-electron chi connectivity index (χ2n) is 6.84. The fraction of sp³-hybridized carbons (Fsp3) is 0.278. The number of oxime groups is 1. The Kier molecular flexibility index (Phi) is 7.44. The fourth-order valence-electron chi connectivity index (χ4n) is 2.63. The molecule has 2 aromatic heterocycles. The van der Waals surface area contributed by atoms with Crippen LogP contribution in [0.15, 0.2) is 49.8 Å². The van der Waals surface area contributed by atoms with Crippen molar-refractivity contribution in [2.45, 2.75) is 28.4 Å². The van der Waals surface area contributed by atoms with E-state index in [0.29, 0.717) is 12.1 Å². The molecule has 0 bridgehead atoms. The molecular weight excluding hydrogens is 612 g/mol. The van der Waals surface area contributed by atoms with Gasteiger partial charge < -0.3 is 9.25 Å². The minimum Gasteiger partial charge on any atom is -0.435 e. The lowest BCUT2D eigenvalue weighted by atomic mass is 10.2. The largest absolute Gasteiger partial charge is 0.501 e. The minimum atomic E-state index is -5.68. The highest BCUT2D eigenvalue weighted by molar-refractivity contribution is 9.18. The van der Waals surface area contributed by atoms with Gasteiger partial charge in [-0.15, -0.1) is 0 Å². The Bertz CT molecular complexity index is 1550. The molecule has 196 valence electrons. The van der Waals surface area contributed by atoms with Crippen LogP contribution >= 0.6 is 15.9 Å². The molecule has 0 aliphatic rings. The van der Waals surface area contributed by atoms with Gasteiger partial charge in [0.2, 0.25) is 12.5 Å². The van der Waals surface area contributed by atoms with Crippen LogP contribution in [0.5, 0.6) is 0 Å². The van der Waals surface area contributed by atoms with E-state index >= 15 is 0 Å². The Morgan fingerprint density at radius 2 is 1.78 bits per heavy atom. The summed E-state index contributed by atoms with van der Waals surface area (Å²) in [6, 6.07) is 3.16. The highest BCUT2D eigenvalue weighted by atomic mass is 79.9. The van der Waals surface area contributed by atoms with Crippen LogP contribution in [0.25, 0.3) is 22.7 Å². The smallest absolute Gasteiger partial charge is 0.435 e. The normalized spacial score (nSPS) is 13.8. The second kappa shape index (κ2) is 9.62. The van der Waals surface area contributed by atoms with Crippen LogP contribution in [0.1, 0.15) is 12.5 Å². The summed E-state index contributed by atoms with van der Waals surface area (Å²) >= 11 is 2.86. The molecule has 0 saturated carbocycles. The van der Waals surface area contributed by atoms with E-state index in [9.17, 15) is 43.2 Å². The maximum atomic E-state index is 12.9. The molecule has 0 radical (unpaired) electrons. The van der Waals surface area contributed by atoms with Crippen LogP contribution < -0.4 is 0 Å². The summed E-state index contributed by atoms with van der Waals surface area (Å²) in [6.45, 7) is -0.412. The first-order valence-electron chi connectivity index (χ1n) is 9.34. The van der Waals surface area contributed by atoms with Crippen molar-refractivity contribution >= 4 is 51.3 Å². The van der Waals surface area contributed by atoms with Gasteiger partial charge >= 0.3 is 11.7 Å². The van der Waals surface area contributed by atoms with E-state index in [-0.39, 0.29) is 27.0 Å². The predicted molar refractivity (Wildman–Crippen MR) is 116 cm³/mol. The number of halogens is 7. The zero-order chi connectivity index (χ0) is 27.1. The van der Waals surface area contributed by atoms with Crippen molar-refractivity contribution in [3.63, 3.8) is 0 Å². The summed E-state index contributed by atoms with van der Waals surface area (Å²) in [5.41, 5.74) is -6.54. The molecule has 0 saturated heterocycles. The molecule has 0 aliphatic carbocycles. The van der Waals surface area contributed by atoms with Crippen LogP contribution in [-0.2, 0) is 24.5 Å². The minimum absolute atomic E-state index is 0.0948. The number of nitrogens with zero attached hydrogens (tertiary/aromatic N) is 3. The first-order chi connectivity index (χ1) is 16.5. The fourth-order valence-corrected chi connectivity index (χ4v) is 4.79. The monoisotopic (exact) mass is 623 g/mol. The molecule has 0 spiro atoms. The van der Waals surface area contributed by atoms with Crippen LogP contribution in [0.2, 0.25) is 0 Å². The molecule has 1 aromatic carbocycles. The van der Waals surface area contributed by atoms with Crippen molar-refractivity contribution in [1.29, 1.82) is 0 Å². The highest BCUT2D eigenvalue weighted by Crippen LogP contribution is 2.34. The second-order valence-corrected chi connectivity index (χ2v) is 11.8. The predicted octanol–water partition coefficient (Wildman–Crippen LogP) is 4.61. The van der Waals surface area contributed by atoms with Crippen molar-refractivity contribution in [2.24, 2.45) is 5.16 Å². The topological polar surface area (TPSA) is 129 Å². The molecule has 0 aliphatic heterocycles. The quantitative estimate of drug-likeness (QED) is 0.212. The van der Waals surface area contributed by atoms with Gasteiger partial charge in [-0.2, -0.15) is 26.3 Å². The Morgan fingerprint density at radius 1 is 1.11 bits per heavy atom. The van der Waals surface area contributed by atoms with E-state index in [1.165, 1.54) is 6.92 Å². The third kappa shape index (κ3) is 5.80. The van der Waals surface area contributed by atoms with Crippen molar-refractivity contribution in [2.75, 3.05) is 12.4 Å². The summed E-state index contributed by atoms with van der Waals surface area (Å²) in [6.07, 6.45) is -3.66. The molecule has 0 N–H and O–H groups in total. The van der Waals surface area contributed by atoms with Crippen LogP contribution in [0.3, 0.4) is 0 Å². The Labute approximate surface area is 207 Å². The molecule has 0 atom stereocenters. The standard InChI is InChI=1S/C18H12BrF6N3O6S2/c1-2-35(29,30)13-5-9(15(19)28-33-8-17(20,21)22)7-26-14(13)16-27-11-6-10(3-4-12(11)34-16)36(31,32)18(23,24)25/h3-7H,2,8H2,1H3. The van der Waals surface area contributed by atoms with Crippen LogP contribution in [0.4, 0.5) is 26.3 Å². The number of fused-ring (bicyclic) bond motifs is 1. The number of hydrogen-bond donors (Lipinski definition) is 0. The van der Waals surface area contributed by atoms with Gasteiger partial charge in [-0.25, -0.2) is 26.8 Å². The van der Waals surface area contributed by atoms with Crippen molar-refractivity contribution in [3.05, 3.63) is 36.0 Å². The van der Waals surface area contributed by atoms with E-state index in [4.69, 9.17) is 4.42 Å². The lowest BCUT2D eigenvalue weighted by Gasteiger charge is -2.08. The number of benzene rings is 1. The van der Waals surface area contributed by atoms with E-state index in [2.05, 4.69) is 35.9 Å². The molecule has 0 amide bonds. The Hall–Kier alpha value is -2.73. The zero-order valence-electron chi connectivity index (χ0n) is 17.6. The molecule has 3 aromatic rings. The lowest BCUT2D eigenvalue weighted by molar-refractivity contribution is -0.173. The van der Waals surface area contributed by atoms with Gasteiger partial charge in [0, 0.05) is 11.8 Å². The van der Waals surface area contributed by atoms with E-state index in [1.807, 2.05) is 0 Å². The van der Waals surface area contributed by atoms with Gasteiger partial charge in [0.1, 0.15) is 11.2 Å². The summed E-state index contributed by atoms with van der Waals surface area (Å²) in [4.78, 5) is 10.4. The van der Waals surface area contributed by atoms with Crippen molar-refractivity contribution in [1.82, 2.24) is 9.97 Å². The zero-order valence-corrected chi connectivity index (χ0v) is 20.8. The molecule has 18 heteroatoms. The third-order valence-electron chi connectivity index (χ3n) is 4.36. The average molecular weight is 624 g/mol. The molecule has 0 fully saturated rings. The third-order valence-corrected chi connectivity index (χ3v) is 8.18. The van der Waals surface area contributed by atoms with Gasteiger partial charge in [-0.05, 0) is 40.2 Å². The first kappa shape index (κ1) is 27.9. The summed E-state index contributed by atoms with van der Waals surface area (Å²) < 4.78 is 129. The number of alkyl halides is 6. The Balaban J connectivity index is 2.10. The molecule has 0 unspecified atom stereocenters. The molecule has 3 rings (SSSR count).